The molecule has 0 unspecified atom stereocenters. The van der Waals surface area contributed by atoms with Gasteiger partial charge in [0.25, 0.3) is 5.91 Å². The predicted octanol–water partition coefficient (Wildman–Crippen LogP) is 3.00. The van der Waals surface area contributed by atoms with Gasteiger partial charge >= 0.3 is 0 Å². The van der Waals surface area contributed by atoms with E-state index >= 15 is 0 Å². The highest BCUT2D eigenvalue weighted by atomic mass is 16.1. The molecule has 0 heterocycles. The minimum absolute atomic E-state index is 0.222. The van der Waals surface area contributed by atoms with Crippen LogP contribution in [0.25, 0.3) is 0 Å². The van der Waals surface area contributed by atoms with Gasteiger partial charge in [0.05, 0.1) is 0 Å². The zero-order valence-electron chi connectivity index (χ0n) is 10.8. The quantitative estimate of drug-likeness (QED) is 0.626. The number of amides is 1. The van der Waals surface area contributed by atoms with Gasteiger partial charge in [-0.05, 0) is 30.2 Å². The number of hydrogen-bond donors (Lipinski definition) is 1. The zero-order chi connectivity index (χ0) is 13.4. The lowest BCUT2D eigenvalue weighted by Gasteiger charge is -2.05. The van der Waals surface area contributed by atoms with Gasteiger partial charge in [0.2, 0.25) is 0 Å². The second-order valence-corrected chi connectivity index (χ2v) is 3.71. The van der Waals surface area contributed by atoms with E-state index in [-0.39, 0.29) is 5.91 Å². The van der Waals surface area contributed by atoms with E-state index in [0.29, 0.717) is 5.71 Å². The van der Waals surface area contributed by atoms with Crippen molar-refractivity contribution >= 4 is 17.3 Å². The van der Waals surface area contributed by atoms with Gasteiger partial charge in [-0.15, -0.1) is 0 Å². The Morgan fingerprint density at radius 3 is 2.56 bits per heavy atom. The number of hydrogen-bond acceptors (Lipinski definition) is 2. The smallest absolute Gasteiger partial charge is 0.273 e. The van der Waals surface area contributed by atoms with Crippen molar-refractivity contribution in [3.05, 3.63) is 54.6 Å². The molecular weight excluding hydrogens is 224 g/mol. The highest BCUT2D eigenvalue weighted by Gasteiger charge is 2.07. The van der Waals surface area contributed by atoms with E-state index < -0.39 is 0 Å². The fourth-order valence-electron chi connectivity index (χ4n) is 1.43. The third-order valence-electron chi connectivity index (χ3n) is 2.48. The molecule has 1 rings (SSSR count). The summed E-state index contributed by atoms with van der Waals surface area (Å²) in [5.41, 5.74) is 2.38. The van der Waals surface area contributed by atoms with Crippen LogP contribution in [0, 0.1) is 0 Å². The first-order valence-electron chi connectivity index (χ1n) is 5.87. The van der Waals surface area contributed by atoms with Crippen LogP contribution in [0.4, 0.5) is 5.69 Å². The van der Waals surface area contributed by atoms with Crippen molar-refractivity contribution in [3.8, 4) is 0 Å². The molecule has 3 heteroatoms. The first kappa shape index (κ1) is 13.9. The third kappa shape index (κ3) is 4.01. The minimum Gasteiger partial charge on any atom is -0.321 e. The number of carbonyl (C=O) groups is 1. The van der Waals surface area contributed by atoms with Gasteiger partial charge in [0, 0.05) is 12.7 Å². The molecule has 0 atom stereocenters. The van der Waals surface area contributed by atoms with Gasteiger partial charge in [-0.3, -0.25) is 9.79 Å². The number of aryl methyl sites for hydroxylation is 1. The summed E-state index contributed by atoms with van der Waals surface area (Å²) in [4.78, 5) is 15.8. The molecule has 3 nitrogen and oxygen atoms in total. The molecule has 1 aromatic rings. The first-order chi connectivity index (χ1) is 8.71. The van der Waals surface area contributed by atoms with Crippen LogP contribution in [0.3, 0.4) is 0 Å². The molecule has 0 bridgehead atoms. The highest BCUT2D eigenvalue weighted by molar-refractivity contribution is 6.47. The number of anilines is 1. The van der Waals surface area contributed by atoms with Crippen LogP contribution in [-0.2, 0) is 11.2 Å². The molecule has 0 spiro atoms. The van der Waals surface area contributed by atoms with Crippen molar-refractivity contribution in [2.24, 2.45) is 4.99 Å². The Balaban J connectivity index is 2.73. The Morgan fingerprint density at radius 1 is 1.39 bits per heavy atom. The second kappa shape index (κ2) is 7.22. The molecule has 0 aliphatic rings. The molecule has 1 aromatic carbocycles. The number of nitrogens with zero attached hydrogens (tertiary/aromatic N) is 1. The van der Waals surface area contributed by atoms with Crippen LogP contribution in [0.2, 0.25) is 0 Å². The summed E-state index contributed by atoms with van der Waals surface area (Å²) in [5, 5.41) is 2.80. The average Bonchev–Trinajstić information content (AvgIpc) is 2.40. The molecule has 1 amide bonds. The van der Waals surface area contributed by atoms with Crippen LogP contribution < -0.4 is 5.32 Å². The van der Waals surface area contributed by atoms with Crippen LogP contribution in [0.1, 0.15) is 12.5 Å². The summed E-state index contributed by atoms with van der Waals surface area (Å²) in [6.07, 6.45) is 5.90. The highest BCUT2D eigenvalue weighted by Crippen LogP contribution is 2.10. The maximum Gasteiger partial charge on any atom is 0.273 e. The van der Waals surface area contributed by atoms with E-state index in [9.17, 15) is 4.79 Å². The van der Waals surface area contributed by atoms with E-state index in [1.54, 1.807) is 25.3 Å². The van der Waals surface area contributed by atoms with Gasteiger partial charge in [0.15, 0.2) is 0 Å². The largest absolute Gasteiger partial charge is 0.321 e. The number of aliphatic imine (C=N–C) groups is 1. The summed E-state index contributed by atoms with van der Waals surface area (Å²) in [7, 11) is 1.59. The second-order valence-electron chi connectivity index (χ2n) is 3.71. The van der Waals surface area contributed by atoms with Crippen molar-refractivity contribution in [3.63, 3.8) is 0 Å². The Bertz CT molecular complexity index is 470. The van der Waals surface area contributed by atoms with Gasteiger partial charge in [-0.2, -0.15) is 0 Å². The minimum atomic E-state index is -0.222. The number of benzene rings is 1. The first-order valence-corrected chi connectivity index (χ1v) is 5.87. The Kier molecular flexibility index (Phi) is 5.58. The monoisotopic (exact) mass is 242 g/mol. The number of rotatable bonds is 5. The molecule has 0 saturated carbocycles. The topological polar surface area (TPSA) is 41.5 Å². The maximum absolute atomic E-state index is 11.9. The molecular formula is C15H18N2O. The lowest BCUT2D eigenvalue weighted by atomic mass is 10.1. The molecule has 1 N–H and O–H groups in total. The Hall–Kier alpha value is -2.16. The average molecular weight is 242 g/mol. The summed E-state index contributed by atoms with van der Waals surface area (Å²) < 4.78 is 0. The summed E-state index contributed by atoms with van der Waals surface area (Å²) in [6, 6.07) is 7.78. The van der Waals surface area contributed by atoms with E-state index in [1.807, 2.05) is 24.3 Å². The van der Waals surface area contributed by atoms with E-state index in [4.69, 9.17) is 0 Å². The van der Waals surface area contributed by atoms with Gasteiger partial charge < -0.3 is 5.32 Å². The number of carbonyl (C=O) groups excluding carboxylic acids is 1. The molecule has 0 aromatic heterocycles. The zero-order valence-corrected chi connectivity index (χ0v) is 10.8. The molecule has 0 fully saturated rings. The summed E-state index contributed by atoms with van der Waals surface area (Å²) in [5.74, 6) is -0.222. The number of allylic oxidation sites excluding steroid dienone is 2. The van der Waals surface area contributed by atoms with Crippen molar-refractivity contribution < 1.29 is 4.79 Å². The lowest BCUT2D eigenvalue weighted by Crippen LogP contribution is -2.21. The summed E-state index contributed by atoms with van der Waals surface area (Å²) >= 11 is 0. The van der Waals surface area contributed by atoms with Gasteiger partial charge in [-0.1, -0.05) is 37.8 Å². The van der Waals surface area contributed by atoms with Crippen molar-refractivity contribution in [2.45, 2.75) is 13.3 Å². The van der Waals surface area contributed by atoms with Gasteiger partial charge in [-0.25, -0.2) is 0 Å². The molecule has 0 radical (unpaired) electrons. The standard InChI is InChI=1S/C15H18N2O/c1-4-6-7-14(16-3)15(18)17-13-10-8-12(5-2)9-11-13/h4,6-11H,1,5H2,2-3H3,(H,17,18). The van der Waals surface area contributed by atoms with E-state index in [1.165, 1.54) is 5.56 Å². The van der Waals surface area contributed by atoms with Crippen molar-refractivity contribution in [1.82, 2.24) is 0 Å². The normalized spacial score (nSPS) is 11.6. The predicted molar refractivity (Wildman–Crippen MR) is 77.1 cm³/mol. The SMILES string of the molecule is C=CC=CC(=NC)C(=O)Nc1ccc(CC)cc1. The van der Waals surface area contributed by atoms with E-state index in [0.717, 1.165) is 12.1 Å². The maximum atomic E-state index is 11.9. The molecule has 94 valence electrons. The van der Waals surface area contributed by atoms with Crippen molar-refractivity contribution in [2.75, 3.05) is 12.4 Å². The van der Waals surface area contributed by atoms with Crippen LogP contribution in [-0.4, -0.2) is 18.7 Å². The third-order valence-corrected chi connectivity index (χ3v) is 2.48. The van der Waals surface area contributed by atoms with Gasteiger partial charge in [0.1, 0.15) is 5.71 Å². The molecule has 0 aliphatic heterocycles. The summed E-state index contributed by atoms with van der Waals surface area (Å²) in [6.45, 7) is 5.65. The van der Waals surface area contributed by atoms with Crippen LogP contribution in [0.5, 0.6) is 0 Å². The molecule has 18 heavy (non-hydrogen) atoms. The molecule has 0 aliphatic carbocycles. The lowest BCUT2D eigenvalue weighted by molar-refractivity contribution is -0.110. The van der Waals surface area contributed by atoms with Crippen LogP contribution in [0.15, 0.2) is 54.1 Å². The Labute approximate surface area is 108 Å². The fraction of sp³-hybridized carbons (Fsp3) is 0.200. The Morgan fingerprint density at radius 2 is 2.06 bits per heavy atom. The fourth-order valence-corrected chi connectivity index (χ4v) is 1.43. The number of nitrogens with one attached hydrogen (secondary N) is 1. The van der Waals surface area contributed by atoms with E-state index in [2.05, 4.69) is 23.8 Å². The van der Waals surface area contributed by atoms with Crippen molar-refractivity contribution in [1.29, 1.82) is 0 Å². The molecule has 0 saturated heterocycles. The van der Waals surface area contributed by atoms with Crippen LogP contribution >= 0.6 is 0 Å².